The molecule has 0 aliphatic rings. The van der Waals surface area contributed by atoms with Crippen LogP contribution in [-0.2, 0) is 14.3 Å². The van der Waals surface area contributed by atoms with Crippen molar-refractivity contribution in [2.75, 3.05) is 27.7 Å². The lowest BCUT2D eigenvalue weighted by Gasteiger charge is -2.29. The highest BCUT2D eigenvalue weighted by Crippen LogP contribution is 2.07. The van der Waals surface area contributed by atoms with E-state index in [2.05, 4.69) is 6.92 Å². The third kappa shape index (κ3) is 13.6. The SMILES string of the molecule is CCCCCCC/C=C/C(=O)O[C@H](CC(=O)[O-])C[N+](C)(C)C. The van der Waals surface area contributed by atoms with Gasteiger partial charge in [0.2, 0.25) is 0 Å². The van der Waals surface area contributed by atoms with Gasteiger partial charge in [-0.15, -0.1) is 0 Å². The molecule has 0 N–H and O–H groups in total. The molecule has 0 aromatic heterocycles. The monoisotopic (exact) mass is 313 g/mol. The van der Waals surface area contributed by atoms with Crippen LogP contribution in [0.2, 0.25) is 0 Å². The van der Waals surface area contributed by atoms with Gasteiger partial charge in [0, 0.05) is 18.5 Å². The molecule has 0 heterocycles. The number of likely N-dealkylation sites (N-methyl/N-ethyl adjacent to an activating group) is 1. The standard InChI is InChI=1S/C17H31NO4/c1-5-6-7-8-9-10-11-12-17(21)22-15(13-16(19)20)14-18(2,3)4/h11-12,15H,5-10,13-14H2,1-4H3/b12-11+/t15-/m1/s1. The van der Waals surface area contributed by atoms with Crippen molar-refractivity contribution < 1.29 is 23.9 Å². The summed E-state index contributed by atoms with van der Waals surface area (Å²) >= 11 is 0. The van der Waals surface area contributed by atoms with Gasteiger partial charge in [0.15, 0.2) is 6.10 Å². The summed E-state index contributed by atoms with van der Waals surface area (Å²) in [5.41, 5.74) is 0. The van der Waals surface area contributed by atoms with E-state index in [9.17, 15) is 14.7 Å². The van der Waals surface area contributed by atoms with Crippen molar-refractivity contribution in [1.29, 1.82) is 0 Å². The van der Waals surface area contributed by atoms with Crippen LogP contribution < -0.4 is 5.11 Å². The largest absolute Gasteiger partial charge is 0.550 e. The molecule has 0 aliphatic carbocycles. The summed E-state index contributed by atoms with van der Waals surface area (Å²) in [5.74, 6) is -1.68. The van der Waals surface area contributed by atoms with Crippen molar-refractivity contribution in [2.45, 2.75) is 58.0 Å². The average molecular weight is 313 g/mol. The Kier molecular flexibility index (Phi) is 10.5. The number of aliphatic carboxylic acids is 1. The first-order chi connectivity index (χ1) is 10.2. The second-order valence-electron chi connectivity index (χ2n) is 6.71. The van der Waals surface area contributed by atoms with Gasteiger partial charge in [-0.3, -0.25) is 0 Å². The topological polar surface area (TPSA) is 66.4 Å². The third-order valence-electron chi connectivity index (χ3n) is 3.16. The van der Waals surface area contributed by atoms with E-state index >= 15 is 0 Å². The van der Waals surface area contributed by atoms with Crippen molar-refractivity contribution in [2.24, 2.45) is 0 Å². The van der Waals surface area contributed by atoms with E-state index in [0.717, 1.165) is 12.8 Å². The van der Waals surface area contributed by atoms with Gasteiger partial charge in [0.1, 0.15) is 6.54 Å². The highest BCUT2D eigenvalue weighted by atomic mass is 16.5. The van der Waals surface area contributed by atoms with Gasteiger partial charge in [0.25, 0.3) is 0 Å². The second kappa shape index (κ2) is 11.2. The number of carboxylic acids is 1. The first-order valence-electron chi connectivity index (χ1n) is 8.12. The highest BCUT2D eigenvalue weighted by Gasteiger charge is 2.21. The molecule has 0 spiro atoms. The number of carbonyl (C=O) groups excluding carboxylic acids is 2. The summed E-state index contributed by atoms with van der Waals surface area (Å²) in [5, 5.41) is 10.7. The minimum Gasteiger partial charge on any atom is -0.550 e. The summed E-state index contributed by atoms with van der Waals surface area (Å²) in [6.07, 6.45) is 9.04. The number of ether oxygens (including phenoxy) is 1. The van der Waals surface area contributed by atoms with Gasteiger partial charge in [-0.05, 0) is 12.8 Å². The van der Waals surface area contributed by atoms with Gasteiger partial charge in [-0.2, -0.15) is 0 Å². The number of quaternary nitrogens is 1. The maximum absolute atomic E-state index is 11.7. The summed E-state index contributed by atoms with van der Waals surface area (Å²) < 4.78 is 5.74. The Morgan fingerprint density at radius 3 is 2.32 bits per heavy atom. The number of allylic oxidation sites excluding steroid dienone is 1. The number of carboxylic acid groups (broad SMARTS) is 1. The Morgan fingerprint density at radius 1 is 1.14 bits per heavy atom. The zero-order chi connectivity index (χ0) is 17.0. The van der Waals surface area contributed by atoms with E-state index in [-0.39, 0.29) is 6.42 Å². The fraction of sp³-hybridized carbons (Fsp3) is 0.765. The van der Waals surface area contributed by atoms with Crippen molar-refractivity contribution in [3.63, 3.8) is 0 Å². The van der Waals surface area contributed by atoms with Crippen LogP contribution in [0.4, 0.5) is 0 Å². The predicted octanol–water partition coefficient (Wildman–Crippen LogP) is 1.66. The Morgan fingerprint density at radius 2 is 1.77 bits per heavy atom. The lowest BCUT2D eigenvalue weighted by Crippen LogP contribution is -2.45. The van der Waals surface area contributed by atoms with Crippen molar-refractivity contribution >= 4 is 11.9 Å². The highest BCUT2D eigenvalue weighted by molar-refractivity contribution is 5.82. The number of esters is 1. The molecule has 0 saturated heterocycles. The molecule has 0 fully saturated rings. The molecular weight excluding hydrogens is 282 g/mol. The number of carbonyl (C=O) groups is 2. The zero-order valence-corrected chi connectivity index (χ0v) is 14.5. The fourth-order valence-corrected chi connectivity index (χ4v) is 2.19. The predicted molar refractivity (Wildman–Crippen MR) is 84.9 cm³/mol. The normalized spacial score (nSPS) is 13.3. The molecule has 0 saturated carbocycles. The fourth-order valence-electron chi connectivity index (χ4n) is 2.19. The molecule has 5 heteroatoms. The van der Waals surface area contributed by atoms with Crippen LogP contribution in [0, 0.1) is 0 Å². The number of rotatable bonds is 12. The van der Waals surface area contributed by atoms with Crippen LogP contribution >= 0.6 is 0 Å². The average Bonchev–Trinajstić information content (AvgIpc) is 2.34. The Bertz CT molecular complexity index is 358. The first-order valence-corrected chi connectivity index (χ1v) is 8.12. The number of unbranched alkanes of at least 4 members (excludes halogenated alkanes) is 5. The van der Waals surface area contributed by atoms with Crippen molar-refractivity contribution in [3.8, 4) is 0 Å². The number of hydrogen-bond donors (Lipinski definition) is 0. The molecule has 0 amide bonds. The molecule has 0 aromatic carbocycles. The van der Waals surface area contributed by atoms with Gasteiger partial charge in [-0.25, -0.2) is 4.79 Å². The summed E-state index contributed by atoms with van der Waals surface area (Å²) in [6.45, 7) is 2.61. The van der Waals surface area contributed by atoms with Crippen LogP contribution in [0.15, 0.2) is 12.2 Å². The van der Waals surface area contributed by atoms with Crippen molar-refractivity contribution in [3.05, 3.63) is 12.2 Å². The molecule has 1 atom stereocenters. The molecule has 5 nitrogen and oxygen atoms in total. The van der Waals surface area contributed by atoms with E-state index in [1.807, 2.05) is 21.1 Å². The van der Waals surface area contributed by atoms with Gasteiger partial charge < -0.3 is 19.1 Å². The minimum atomic E-state index is -1.20. The van der Waals surface area contributed by atoms with Crippen LogP contribution in [0.3, 0.4) is 0 Å². The van der Waals surface area contributed by atoms with Crippen LogP contribution in [-0.4, -0.2) is 50.2 Å². The van der Waals surface area contributed by atoms with Gasteiger partial charge >= 0.3 is 5.97 Å². The summed E-state index contributed by atoms with van der Waals surface area (Å²) in [7, 11) is 5.76. The molecule has 0 rings (SSSR count). The van der Waals surface area contributed by atoms with Gasteiger partial charge in [-0.1, -0.05) is 38.7 Å². The molecule has 0 aliphatic heterocycles. The molecule has 0 unspecified atom stereocenters. The van der Waals surface area contributed by atoms with E-state index in [1.54, 1.807) is 6.08 Å². The van der Waals surface area contributed by atoms with Crippen molar-refractivity contribution in [1.82, 2.24) is 0 Å². The van der Waals surface area contributed by atoms with E-state index in [4.69, 9.17) is 4.74 Å². The number of nitrogens with zero attached hydrogens (tertiary/aromatic N) is 1. The third-order valence-corrected chi connectivity index (χ3v) is 3.16. The summed E-state index contributed by atoms with van der Waals surface area (Å²) in [4.78, 5) is 22.5. The second-order valence-corrected chi connectivity index (χ2v) is 6.71. The van der Waals surface area contributed by atoms with Gasteiger partial charge in [0.05, 0.1) is 21.1 Å². The van der Waals surface area contributed by atoms with Crippen LogP contribution in [0.25, 0.3) is 0 Å². The van der Waals surface area contributed by atoms with E-state index in [0.29, 0.717) is 11.0 Å². The van der Waals surface area contributed by atoms with Crippen LogP contribution in [0.1, 0.15) is 51.9 Å². The smallest absolute Gasteiger partial charge is 0.330 e. The van der Waals surface area contributed by atoms with E-state index < -0.39 is 18.0 Å². The Balaban J connectivity index is 4.13. The molecule has 0 aromatic rings. The van der Waals surface area contributed by atoms with E-state index in [1.165, 1.54) is 31.8 Å². The first kappa shape index (κ1) is 20.6. The lowest BCUT2D eigenvalue weighted by molar-refractivity contribution is -0.873. The summed E-state index contributed by atoms with van der Waals surface area (Å²) in [6, 6.07) is 0. The Hall–Kier alpha value is -1.36. The lowest BCUT2D eigenvalue weighted by atomic mass is 10.1. The quantitative estimate of drug-likeness (QED) is 0.238. The zero-order valence-electron chi connectivity index (χ0n) is 14.5. The maximum atomic E-state index is 11.7. The molecule has 0 radical (unpaired) electrons. The molecule has 0 bridgehead atoms. The Labute approximate surface area is 134 Å². The minimum absolute atomic E-state index is 0.272. The molecule has 22 heavy (non-hydrogen) atoms. The van der Waals surface area contributed by atoms with Crippen LogP contribution in [0.5, 0.6) is 0 Å². The maximum Gasteiger partial charge on any atom is 0.330 e. The molecular formula is C17H31NO4. The molecule has 128 valence electrons. The number of hydrogen-bond acceptors (Lipinski definition) is 4.